The Hall–Kier alpha value is -0.490. The van der Waals surface area contributed by atoms with Crippen LogP contribution in [-0.2, 0) is 4.74 Å². The number of hydrogen-bond donors (Lipinski definition) is 2. The molecule has 1 heterocycles. The van der Waals surface area contributed by atoms with Crippen LogP contribution in [-0.4, -0.2) is 13.2 Å². The highest BCUT2D eigenvalue weighted by molar-refractivity contribution is 9.10. The van der Waals surface area contributed by atoms with Gasteiger partial charge in [-0.3, -0.25) is 11.3 Å². The monoisotopic (exact) mass is 288 g/mol. The van der Waals surface area contributed by atoms with Crippen molar-refractivity contribution >= 4 is 15.9 Å². The van der Waals surface area contributed by atoms with Crippen molar-refractivity contribution in [3.8, 4) is 0 Å². The third-order valence-electron chi connectivity index (χ3n) is 2.93. The van der Waals surface area contributed by atoms with Crippen LogP contribution in [0.25, 0.3) is 0 Å². The number of nitrogens with one attached hydrogen (secondary N) is 1. The van der Waals surface area contributed by atoms with E-state index in [1.165, 1.54) is 6.07 Å². The van der Waals surface area contributed by atoms with E-state index in [0.717, 1.165) is 18.6 Å². The van der Waals surface area contributed by atoms with Gasteiger partial charge in [0.1, 0.15) is 5.82 Å². The van der Waals surface area contributed by atoms with E-state index < -0.39 is 0 Å². The zero-order chi connectivity index (χ0) is 11.5. The molecule has 1 aromatic rings. The summed E-state index contributed by atoms with van der Waals surface area (Å²) in [6.07, 6.45) is 0.942. The first-order valence-corrected chi connectivity index (χ1v) is 6.01. The molecule has 1 saturated heterocycles. The molecule has 88 valence electrons. The smallest absolute Gasteiger partial charge is 0.137 e. The Morgan fingerprint density at radius 3 is 3.00 bits per heavy atom. The maximum Gasteiger partial charge on any atom is 0.137 e. The number of hydrazine groups is 1. The quantitative estimate of drug-likeness (QED) is 0.662. The average molecular weight is 289 g/mol. The lowest BCUT2D eigenvalue weighted by molar-refractivity contribution is 0.176. The van der Waals surface area contributed by atoms with Crippen molar-refractivity contribution in [2.24, 2.45) is 11.8 Å². The summed E-state index contributed by atoms with van der Waals surface area (Å²) in [7, 11) is 0. The Morgan fingerprint density at radius 2 is 2.38 bits per heavy atom. The summed E-state index contributed by atoms with van der Waals surface area (Å²) in [5.41, 5.74) is 3.60. The molecule has 0 amide bonds. The van der Waals surface area contributed by atoms with Crippen LogP contribution < -0.4 is 11.3 Å². The van der Waals surface area contributed by atoms with Gasteiger partial charge in [0.25, 0.3) is 0 Å². The Bertz CT molecular complexity index is 369. The summed E-state index contributed by atoms with van der Waals surface area (Å²) in [5.74, 6) is 5.58. The minimum absolute atomic E-state index is 0.0763. The van der Waals surface area contributed by atoms with Gasteiger partial charge in [-0.05, 0) is 34.0 Å². The molecule has 2 rings (SSSR count). The molecule has 0 saturated carbocycles. The first kappa shape index (κ1) is 12.0. The predicted octanol–water partition coefficient (Wildman–Crippen LogP) is 2.13. The highest BCUT2D eigenvalue weighted by Crippen LogP contribution is 2.33. The van der Waals surface area contributed by atoms with Crippen LogP contribution in [0.2, 0.25) is 0 Å². The van der Waals surface area contributed by atoms with Crippen LogP contribution >= 0.6 is 15.9 Å². The molecule has 0 aromatic heterocycles. The molecular weight excluding hydrogens is 275 g/mol. The van der Waals surface area contributed by atoms with E-state index in [0.29, 0.717) is 17.0 Å². The molecule has 0 bridgehead atoms. The van der Waals surface area contributed by atoms with Gasteiger partial charge in [-0.15, -0.1) is 0 Å². The third kappa shape index (κ3) is 2.27. The first-order valence-electron chi connectivity index (χ1n) is 5.22. The third-order valence-corrected chi connectivity index (χ3v) is 3.77. The van der Waals surface area contributed by atoms with Gasteiger partial charge in [-0.2, -0.15) is 0 Å². The molecule has 5 heteroatoms. The van der Waals surface area contributed by atoms with E-state index in [-0.39, 0.29) is 11.9 Å². The van der Waals surface area contributed by atoms with Gasteiger partial charge >= 0.3 is 0 Å². The number of nitrogens with two attached hydrogens (primary N) is 1. The van der Waals surface area contributed by atoms with Crippen LogP contribution in [0.3, 0.4) is 0 Å². The summed E-state index contributed by atoms with van der Waals surface area (Å²) in [4.78, 5) is 0. The van der Waals surface area contributed by atoms with Crippen LogP contribution in [0, 0.1) is 11.7 Å². The van der Waals surface area contributed by atoms with Gasteiger partial charge in [-0.25, -0.2) is 4.39 Å². The standard InChI is InChI=1S/C11H14BrFN2O/c12-10-8(2-1-3-9(10)13)11(15-14)7-4-5-16-6-7/h1-3,7,11,15H,4-6,14H2. The molecule has 0 spiro atoms. The minimum Gasteiger partial charge on any atom is -0.381 e. The molecule has 3 N–H and O–H groups in total. The van der Waals surface area contributed by atoms with Gasteiger partial charge < -0.3 is 4.74 Å². The Kier molecular flexibility index (Phi) is 3.91. The molecule has 1 aliphatic rings. The van der Waals surface area contributed by atoms with Crippen molar-refractivity contribution in [1.82, 2.24) is 5.43 Å². The first-order chi connectivity index (χ1) is 7.74. The van der Waals surface area contributed by atoms with Crippen LogP contribution in [0.5, 0.6) is 0 Å². The van der Waals surface area contributed by atoms with Gasteiger partial charge in [-0.1, -0.05) is 12.1 Å². The van der Waals surface area contributed by atoms with E-state index in [9.17, 15) is 4.39 Å². The maximum atomic E-state index is 13.4. The minimum atomic E-state index is -0.267. The normalized spacial score (nSPS) is 22.3. The number of benzene rings is 1. The summed E-state index contributed by atoms with van der Waals surface area (Å²) in [6.45, 7) is 1.41. The van der Waals surface area contributed by atoms with Gasteiger partial charge in [0, 0.05) is 12.5 Å². The number of rotatable bonds is 3. The van der Waals surface area contributed by atoms with Gasteiger partial charge in [0.15, 0.2) is 0 Å². The van der Waals surface area contributed by atoms with E-state index in [2.05, 4.69) is 21.4 Å². The average Bonchev–Trinajstić information content (AvgIpc) is 2.79. The fraction of sp³-hybridized carbons (Fsp3) is 0.455. The van der Waals surface area contributed by atoms with Crippen molar-refractivity contribution in [3.05, 3.63) is 34.1 Å². The summed E-state index contributed by atoms with van der Waals surface area (Å²) >= 11 is 3.26. The Balaban J connectivity index is 2.28. The van der Waals surface area contributed by atoms with Crippen molar-refractivity contribution in [1.29, 1.82) is 0 Å². The van der Waals surface area contributed by atoms with E-state index in [1.54, 1.807) is 6.07 Å². The predicted molar refractivity (Wildman–Crippen MR) is 63.1 cm³/mol. The summed E-state index contributed by atoms with van der Waals surface area (Å²) in [5, 5.41) is 0. The fourth-order valence-corrected chi connectivity index (χ4v) is 2.57. The topological polar surface area (TPSA) is 47.3 Å². The SMILES string of the molecule is NNC(c1cccc(F)c1Br)C1CCOC1. The molecule has 16 heavy (non-hydrogen) atoms. The fourth-order valence-electron chi connectivity index (χ4n) is 2.06. The Morgan fingerprint density at radius 1 is 1.56 bits per heavy atom. The van der Waals surface area contributed by atoms with E-state index in [4.69, 9.17) is 10.6 Å². The molecule has 1 aromatic carbocycles. The second-order valence-electron chi connectivity index (χ2n) is 3.91. The summed E-state index contributed by atoms with van der Waals surface area (Å²) in [6, 6.07) is 4.91. The number of ether oxygens (including phenoxy) is 1. The second-order valence-corrected chi connectivity index (χ2v) is 4.70. The molecule has 2 atom stereocenters. The highest BCUT2D eigenvalue weighted by Gasteiger charge is 2.28. The van der Waals surface area contributed by atoms with Crippen molar-refractivity contribution in [2.75, 3.05) is 13.2 Å². The lowest BCUT2D eigenvalue weighted by Crippen LogP contribution is -2.34. The second kappa shape index (κ2) is 5.23. The molecule has 1 aliphatic heterocycles. The number of halogens is 2. The number of hydrogen-bond acceptors (Lipinski definition) is 3. The zero-order valence-electron chi connectivity index (χ0n) is 8.75. The molecule has 2 unspecified atom stereocenters. The molecule has 0 radical (unpaired) electrons. The van der Waals surface area contributed by atoms with Crippen LogP contribution in [0.4, 0.5) is 4.39 Å². The van der Waals surface area contributed by atoms with Gasteiger partial charge in [0.2, 0.25) is 0 Å². The molecular formula is C11H14BrFN2O. The van der Waals surface area contributed by atoms with Crippen molar-refractivity contribution in [3.63, 3.8) is 0 Å². The molecule has 1 fully saturated rings. The van der Waals surface area contributed by atoms with Crippen molar-refractivity contribution < 1.29 is 9.13 Å². The van der Waals surface area contributed by atoms with E-state index >= 15 is 0 Å². The highest BCUT2D eigenvalue weighted by atomic mass is 79.9. The molecule has 3 nitrogen and oxygen atoms in total. The lowest BCUT2D eigenvalue weighted by Gasteiger charge is -2.23. The lowest BCUT2D eigenvalue weighted by atomic mass is 9.93. The van der Waals surface area contributed by atoms with Crippen molar-refractivity contribution in [2.45, 2.75) is 12.5 Å². The summed E-state index contributed by atoms with van der Waals surface area (Å²) < 4.78 is 19.2. The van der Waals surface area contributed by atoms with E-state index in [1.807, 2.05) is 6.07 Å². The zero-order valence-corrected chi connectivity index (χ0v) is 10.3. The van der Waals surface area contributed by atoms with Crippen LogP contribution in [0.15, 0.2) is 22.7 Å². The van der Waals surface area contributed by atoms with Crippen LogP contribution in [0.1, 0.15) is 18.0 Å². The van der Waals surface area contributed by atoms with Gasteiger partial charge in [0.05, 0.1) is 17.1 Å². The Labute approximate surface area is 102 Å². The maximum absolute atomic E-state index is 13.4. The molecule has 0 aliphatic carbocycles. The largest absolute Gasteiger partial charge is 0.381 e.